The molecular weight excluding hydrogens is 260 g/mol. The number of amides is 1. The lowest BCUT2D eigenvalue weighted by Gasteiger charge is -2.31. The number of hydrogen-bond acceptors (Lipinski definition) is 4. The number of rotatable bonds is 3. The molecule has 1 fully saturated rings. The largest absolute Gasteiger partial charge is 0.466 e. The minimum Gasteiger partial charge on any atom is -0.466 e. The number of piperidine rings is 1. The van der Waals surface area contributed by atoms with E-state index in [-0.39, 0.29) is 23.4 Å². The molecule has 6 heteroatoms. The van der Waals surface area contributed by atoms with Crippen molar-refractivity contribution in [1.82, 2.24) is 9.88 Å². The number of aromatic nitrogens is 1. The minimum absolute atomic E-state index is 0.218. The number of aromatic amines is 1. The Morgan fingerprint density at radius 2 is 2.30 bits per heavy atom. The Morgan fingerprint density at radius 1 is 1.50 bits per heavy atom. The summed E-state index contributed by atoms with van der Waals surface area (Å²) < 4.78 is 5.00. The van der Waals surface area contributed by atoms with E-state index in [0.29, 0.717) is 25.3 Å². The quantitative estimate of drug-likeness (QED) is 0.829. The molecule has 2 rings (SSSR count). The molecule has 0 bridgehead atoms. The molecule has 0 aromatic carbocycles. The van der Waals surface area contributed by atoms with Crippen molar-refractivity contribution in [2.45, 2.75) is 19.8 Å². The van der Waals surface area contributed by atoms with Gasteiger partial charge in [-0.3, -0.25) is 14.4 Å². The standard InChI is InChI=1S/C14H18N2O4/c1-2-20-14(19)11-4-3-7-16(9-11)13(18)10-5-6-15-12(17)8-10/h5-6,8,11H,2-4,7,9H2,1H3,(H,15,17)/t11-/m0/s1. The smallest absolute Gasteiger partial charge is 0.310 e. The molecule has 6 nitrogen and oxygen atoms in total. The van der Waals surface area contributed by atoms with E-state index in [9.17, 15) is 14.4 Å². The zero-order valence-corrected chi connectivity index (χ0v) is 11.4. The number of hydrogen-bond donors (Lipinski definition) is 1. The summed E-state index contributed by atoms with van der Waals surface area (Å²) in [7, 11) is 0. The van der Waals surface area contributed by atoms with Crippen LogP contribution in [-0.4, -0.2) is 41.5 Å². The molecule has 0 saturated carbocycles. The highest BCUT2D eigenvalue weighted by molar-refractivity contribution is 5.94. The lowest BCUT2D eigenvalue weighted by atomic mass is 9.97. The van der Waals surface area contributed by atoms with Gasteiger partial charge in [0.15, 0.2) is 0 Å². The van der Waals surface area contributed by atoms with Crippen LogP contribution in [0.15, 0.2) is 23.1 Å². The van der Waals surface area contributed by atoms with E-state index >= 15 is 0 Å². The van der Waals surface area contributed by atoms with Crippen molar-refractivity contribution in [1.29, 1.82) is 0 Å². The van der Waals surface area contributed by atoms with Gasteiger partial charge in [0.25, 0.3) is 5.91 Å². The molecule has 108 valence electrons. The SMILES string of the molecule is CCOC(=O)[C@H]1CCCN(C(=O)c2cc[nH]c(=O)c2)C1. The topological polar surface area (TPSA) is 79.5 Å². The highest BCUT2D eigenvalue weighted by Crippen LogP contribution is 2.19. The molecule has 1 amide bonds. The number of carbonyl (C=O) groups excluding carboxylic acids is 2. The van der Waals surface area contributed by atoms with Crippen LogP contribution in [0, 0.1) is 5.92 Å². The average molecular weight is 278 g/mol. The molecule has 1 aromatic heterocycles. The third kappa shape index (κ3) is 3.26. The molecule has 0 unspecified atom stereocenters. The molecule has 2 heterocycles. The second-order valence-corrected chi connectivity index (χ2v) is 4.78. The van der Waals surface area contributed by atoms with E-state index in [1.165, 1.54) is 12.3 Å². The van der Waals surface area contributed by atoms with Crippen molar-refractivity contribution in [2.24, 2.45) is 5.92 Å². The van der Waals surface area contributed by atoms with E-state index in [0.717, 1.165) is 12.8 Å². The molecule has 0 spiro atoms. The highest BCUT2D eigenvalue weighted by Gasteiger charge is 2.29. The second kappa shape index (κ2) is 6.36. The van der Waals surface area contributed by atoms with Crippen molar-refractivity contribution >= 4 is 11.9 Å². The number of pyridine rings is 1. The average Bonchev–Trinajstić information content (AvgIpc) is 2.47. The number of carbonyl (C=O) groups is 2. The molecule has 1 aliphatic heterocycles. The summed E-state index contributed by atoms with van der Waals surface area (Å²) in [5, 5.41) is 0. The molecular formula is C14H18N2O4. The Hall–Kier alpha value is -2.11. The molecule has 1 aromatic rings. The Kier molecular flexibility index (Phi) is 4.55. The Morgan fingerprint density at radius 3 is 3.00 bits per heavy atom. The van der Waals surface area contributed by atoms with Crippen LogP contribution in [0.25, 0.3) is 0 Å². The van der Waals surface area contributed by atoms with Gasteiger partial charge >= 0.3 is 5.97 Å². The van der Waals surface area contributed by atoms with E-state index in [2.05, 4.69) is 4.98 Å². The maximum Gasteiger partial charge on any atom is 0.310 e. The van der Waals surface area contributed by atoms with Gasteiger partial charge in [0.1, 0.15) is 0 Å². The molecule has 20 heavy (non-hydrogen) atoms. The zero-order valence-electron chi connectivity index (χ0n) is 11.4. The van der Waals surface area contributed by atoms with Crippen LogP contribution >= 0.6 is 0 Å². The van der Waals surface area contributed by atoms with E-state index < -0.39 is 0 Å². The van der Waals surface area contributed by atoms with Crippen LogP contribution in [0.3, 0.4) is 0 Å². The van der Waals surface area contributed by atoms with Gasteiger partial charge in [0.05, 0.1) is 12.5 Å². The summed E-state index contributed by atoms with van der Waals surface area (Å²) >= 11 is 0. The maximum absolute atomic E-state index is 12.3. The number of esters is 1. The summed E-state index contributed by atoms with van der Waals surface area (Å²) in [6.07, 6.45) is 2.94. The summed E-state index contributed by atoms with van der Waals surface area (Å²) in [5.74, 6) is -0.740. The number of likely N-dealkylation sites (tertiary alicyclic amines) is 1. The third-order valence-corrected chi connectivity index (χ3v) is 3.35. The Balaban J connectivity index is 2.07. The predicted molar refractivity (Wildman–Crippen MR) is 72.3 cm³/mol. The van der Waals surface area contributed by atoms with E-state index in [1.807, 2.05) is 0 Å². The zero-order chi connectivity index (χ0) is 14.5. The lowest BCUT2D eigenvalue weighted by Crippen LogP contribution is -2.43. The van der Waals surface area contributed by atoms with Crippen molar-refractivity contribution in [2.75, 3.05) is 19.7 Å². The molecule has 1 aliphatic rings. The van der Waals surface area contributed by atoms with Crippen LogP contribution in [0.2, 0.25) is 0 Å². The number of H-pyrrole nitrogens is 1. The third-order valence-electron chi connectivity index (χ3n) is 3.35. The van der Waals surface area contributed by atoms with Crippen molar-refractivity contribution in [3.8, 4) is 0 Å². The van der Waals surface area contributed by atoms with Crippen molar-refractivity contribution < 1.29 is 14.3 Å². The normalized spacial score (nSPS) is 18.6. The molecule has 0 aliphatic carbocycles. The van der Waals surface area contributed by atoms with Gasteiger partial charge in [-0.25, -0.2) is 0 Å². The van der Waals surface area contributed by atoms with Crippen LogP contribution in [0.4, 0.5) is 0 Å². The van der Waals surface area contributed by atoms with Crippen molar-refractivity contribution in [3.05, 3.63) is 34.2 Å². The molecule has 1 N–H and O–H groups in total. The molecule has 0 radical (unpaired) electrons. The highest BCUT2D eigenvalue weighted by atomic mass is 16.5. The summed E-state index contributed by atoms with van der Waals surface area (Å²) in [6, 6.07) is 2.84. The number of nitrogens with zero attached hydrogens (tertiary/aromatic N) is 1. The van der Waals surface area contributed by atoms with Crippen LogP contribution in [0.1, 0.15) is 30.1 Å². The first-order chi connectivity index (χ1) is 9.61. The van der Waals surface area contributed by atoms with E-state index in [4.69, 9.17) is 4.74 Å². The predicted octanol–water partition coefficient (Wildman–Crippen LogP) is 0.790. The van der Waals surface area contributed by atoms with Crippen LogP contribution in [-0.2, 0) is 9.53 Å². The second-order valence-electron chi connectivity index (χ2n) is 4.78. The summed E-state index contributed by atoms with van der Waals surface area (Å²) in [4.78, 5) is 39.4. The fourth-order valence-corrected chi connectivity index (χ4v) is 2.37. The van der Waals surface area contributed by atoms with Crippen LogP contribution in [0.5, 0.6) is 0 Å². The summed E-state index contributed by atoms with van der Waals surface area (Å²) in [6.45, 7) is 3.06. The van der Waals surface area contributed by atoms with Crippen molar-refractivity contribution in [3.63, 3.8) is 0 Å². The number of ether oxygens (including phenoxy) is 1. The van der Waals surface area contributed by atoms with Gasteiger partial charge in [-0.15, -0.1) is 0 Å². The Bertz CT molecular complexity index is 552. The maximum atomic E-state index is 12.3. The first kappa shape index (κ1) is 14.3. The van der Waals surface area contributed by atoms with Gasteiger partial charge in [-0.05, 0) is 25.8 Å². The van der Waals surface area contributed by atoms with Gasteiger partial charge in [-0.1, -0.05) is 0 Å². The van der Waals surface area contributed by atoms with Gasteiger partial charge in [-0.2, -0.15) is 0 Å². The minimum atomic E-state index is -0.310. The van der Waals surface area contributed by atoms with Gasteiger partial charge in [0, 0.05) is 30.9 Å². The monoisotopic (exact) mass is 278 g/mol. The number of nitrogens with one attached hydrogen (secondary N) is 1. The first-order valence-corrected chi connectivity index (χ1v) is 6.76. The molecule has 1 atom stereocenters. The van der Waals surface area contributed by atoms with Gasteiger partial charge < -0.3 is 14.6 Å². The lowest BCUT2D eigenvalue weighted by molar-refractivity contribution is -0.149. The van der Waals surface area contributed by atoms with Gasteiger partial charge in [0.2, 0.25) is 5.56 Å². The first-order valence-electron chi connectivity index (χ1n) is 6.76. The fraction of sp³-hybridized carbons (Fsp3) is 0.500. The summed E-state index contributed by atoms with van der Waals surface area (Å²) in [5.41, 5.74) is 0.0352. The van der Waals surface area contributed by atoms with E-state index in [1.54, 1.807) is 17.9 Å². The fourth-order valence-electron chi connectivity index (χ4n) is 2.37. The Labute approximate surface area is 116 Å². The van der Waals surface area contributed by atoms with Crippen LogP contribution < -0.4 is 5.56 Å². The molecule has 1 saturated heterocycles.